The van der Waals surface area contributed by atoms with E-state index in [-0.39, 0.29) is 0 Å². The van der Waals surface area contributed by atoms with Crippen LogP contribution in [-0.2, 0) is 12.2 Å². The Morgan fingerprint density at radius 3 is 2.33 bits per heavy atom. The standard InChI is InChI=1S/C10H12S.2C2H6/c1-8-2-3-9-4-5-11-7-10(9)6-8;2*1-2/h2-3,6H,4-5,7H2,1H3;2*1-2H3. The fraction of sp³-hybridized carbons (Fsp3) is 0.571. The van der Waals surface area contributed by atoms with Crippen LogP contribution in [0.15, 0.2) is 18.2 Å². The van der Waals surface area contributed by atoms with E-state index in [9.17, 15) is 0 Å². The van der Waals surface area contributed by atoms with Gasteiger partial charge in [0.05, 0.1) is 0 Å². The van der Waals surface area contributed by atoms with Crippen LogP contribution in [-0.4, -0.2) is 5.75 Å². The second-order valence-corrected chi connectivity index (χ2v) is 4.18. The van der Waals surface area contributed by atoms with Gasteiger partial charge in [0.25, 0.3) is 0 Å². The van der Waals surface area contributed by atoms with E-state index in [1.807, 2.05) is 39.5 Å². The molecule has 15 heavy (non-hydrogen) atoms. The fourth-order valence-electron chi connectivity index (χ4n) is 1.50. The van der Waals surface area contributed by atoms with Gasteiger partial charge in [0, 0.05) is 5.75 Å². The van der Waals surface area contributed by atoms with Crippen molar-refractivity contribution in [1.29, 1.82) is 0 Å². The summed E-state index contributed by atoms with van der Waals surface area (Å²) < 4.78 is 0. The maximum atomic E-state index is 2.32. The molecule has 0 spiro atoms. The van der Waals surface area contributed by atoms with Crippen molar-refractivity contribution in [3.63, 3.8) is 0 Å². The van der Waals surface area contributed by atoms with Gasteiger partial charge in [-0.3, -0.25) is 0 Å². The minimum absolute atomic E-state index is 1.22. The maximum absolute atomic E-state index is 2.32. The van der Waals surface area contributed by atoms with Crippen LogP contribution in [0.3, 0.4) is 0 Å². The first-order valence-electron chi connectivity index (χ1n) is 6.02. The number of hydrogen-bond donors (Lipinski definition) is 0. The molecule has 2 rings (SSSR count). The highest BCUT2D eigenvalue weighted by molar-refractivity contribution is 7.98. The molecule has 0 aromatic heterocycles. The SMILES string of the molecule is CC.CC.Cc1ccc2c(c1)CSCC2. The Balaban J connectivity index is 0.000000442. The normalized spacial score (nSPS) is 12.6. The van der Waals surface area contributed by atoms with Crippen molar-refractivity contribution in [3.8, 4) is 0 Å². The van der Waals surface area contributed by atoms with E-state index in [1.165, 1.54) is 23.5 Å². The number of fused-ring (bicyclic) bond motifs is 1. The molecule has 1 heterocycles. The van der Waals surface area contributed by atoms with Crippen molar-refractivity contribution < 1.29 is 0 Å². The van der Waals surface area contributed by atoms with Crippen LogP contribution < -0.4 is 0 Å². The Labute approximate surface area is 99.5 Å². The van der Waals surface area contributed by atoms with E-state index in [1.54, 1.807) is 11.1 Å². The number of hydrogen-bond acceptors (Lipinski definition) is 1. The summed E-state index contributed by atoms with van der Waals surface area (Å²) in [6.07, 6.45) is 1.26. The summed E-state index contributed by atoms with van der Waals surface area (Å²) in [5.41, 5.74) is 4.52. The van der Waals surface area contributed by atoms with E-state index >= 15 is 0 Å². The molecule has 0 bridgehead atoms. The zero-order valence-electron chi connectivity index (χ0n) is 10.8. The van der Waals surface area contributed by atoms with Crippen molar-refractivity contribution in [2.75, 3.05) is 5.75 Å². The lowest BCUT2D eigenvalue weighted by Gasteiger charge is -2.15. The third-order valence-corrected chi connectivity index (χ3v) is 3.14. The molecule has 1 aromatic rings. The van der Waals surface area contributed by atoms with E-state index in [2.05, 4.69) is 25.1 Å². The summed E-state index contributed by atoms with van der Waals surface area (Å²) in [4.78, 5) is 0. The van der Waals surface area contributed by atoms with Gasteiger partial charge in [-0.05, 0) is 30.2 Å². The summed E-state index contributed by atoms with van der Waals surface area (Å²) in [6, 6.07) is 6.82. The van der Waals surface area contributed by atoms with Gasteiger partial charge in [0.2, 0.25) is 0 Å². The second kappa shape index (κ2) is 8.84. The first-order chi connectivity index (χ1) is 7.36. The van der Waals surface area contributed by atoms with Crippen LogP contribution >= 0.6 is 11.8 Å². The van der Waals surface area contributed by atoms with Crippen molar-refractivity contribution in [2.45, 2.75) is 46.8 Å². The smallest absolute Gasteiger partial charge is 0.0187 e. The van der Waals surface area contributed by atoms with Gasteiger partial charge < -0.3 is 0 Å². The molecular formula is C14H24S. The molecule has 0 saturated heterocycles. The summed E-state index contributed by atoms with van der Waals surface area (Å²) in [5.74, 6) is 2.52. The molecule has 1 aromatic carbocycles. The fourth-order valence-corrected chi connectivity index (χ4v) is 2.49. The summed E-state index contributed by atoms with van der Waals surface area (Å²) in [7, 11) is 0. The Kier molecular flexibility index (Phi) is 8.59. The third kappa shape index (κ3) is 4.74. The Morgan fingerprint density at radius 2 is 1.67 bits per heavy atom. The molecule has 0 unspecified atom stereocenters. The van der Waals surface area contributed by atoms with Crippen molar-refractivity contribution in [3.05, 3.63) is 34.9 Å². The molecule has 1 aliphatic rings. The number of aryl methyl sites for hydroxylation is 2. The molecule has 0 fully saturated rings. The third-order valence-electron chi connectivity index (χ3n) is 2.14. The van der Waals surface area contributed by atoms with Gasteiger partial charge in [-0.15, -0.1) is 0 Å². The molecule has 0 radical (unpaired) electrons. The molecule has 0 aliphatic carbocycles. The molecular weight excluding hydrogens is 200 g/mol. The number of rotatable bonds is 0. The summed E-state index contributed by atoms with van der Waals surface area (Å²) >= 11 is 2.05. The predicted molar refractivity (Wildman–Crippen MR) is 73.7 cm³/mol. The van der Waals surface area contributed by atoms with E-state index in [0.29, 0.717) is 0 Å². The zero-order chi connectivity index (χ0) is 11.7. The summed E-state index contributed by atoms with van der Waals surface area (Å²) in [6.45, 7) is 10.2. The molecule has 0 atom stereocenters. The monoisotopic (exact) mass is 224 g/mol. The van der Waals surface area contributed by atoms with Gasteiger partial charge in [0.1, 0.15) is 0 Å². The molecule has 86 valence electrons. The lowest BCUT2D eigenvalue weighted by molar-refractivity contribution is 1.08. The van der Waals surface area contributed by atoms with Gasteiger partial charge in [-0.25, -0.2) is 0 Å². The highest BCUT2D eigenvalue weighted by Crippen LogP contribution is 2.24. The second-order valence-electron chi connectivity index (χ2n) is 3.07. The van der Waals surface area contributed by atoms with Crippen molar-refractivity contribution >= 4 is 11.8 Å². The lowest BCUT2D eigenvalue weighted by Crippen LogP contribution is -2.01. The minimum Gasteiger partial charge on any atom is -0.157 e. The molecule has 0 N–H and O–H groups in total. The van der Waals surface area contributed by atoms with Crippen LogP contribution in [0.1, 0.15) is 44.4 Å². The van der Waals surface area contributed by atoms with Crippen LogP contribution in [0.2, 0.25) is 0 Å². The predicted octanol–water partition coefficient (Wildman–Crippen LogP) is 4.84. The van der Waals surface area contributed by atoms with Gasteiger partial charge >= 0.3 is 0 Å². The van der Waals surface area contributed by atoms with E-state index < -0.39 is 0 Å². The quantitative estimate of drug-likeness (QED) is 0.608. The molecule has 0 nitrogen and oxygen atoms in total. The van der Waals surface area contributed by atoms with Crippen LogP contribution in [0.25, 0.3) is 0 Å². The highest BCUT2D eigenvalue weighted by Gasteiger charge is 2.07. The molecule has 1 heteroatoms. The average Bonchev–Trinajstić information content (AvgIpc) is 2.34. The van der Waals surface area contributed by atoms with Crippen molar-refractivity contribution in [1.82, 2.24) is 0 Å². The van der Waals surface area contributed by atoms with Gasteiger partial charge in [0.15, 0.2) is 0 Å². The largest absolute Gasteiger partial charge is 0.157 e. The maximum Gasteiger partial charge on any atom is 0.0187 e. The number of thioether (sulfide) groups is 1. The van der Waals surface area contributed by atoms with E-state index in [4.69, 9.17) is 0 Å². The van der Waals surface area contributed by atoms with Gasteiger partial charge in [-0.1, -0.05) is 51.5 Å². The number of benzene rings is 1. The van der Waals surface area contributed by atoms with Crippen LogP contribution in [0.4, 0.5) is 0 Å². The molecule has 1 aliphatic heterocycles. The van der Waals surface area contributed by atoms with Crippen LogP contribution in [0.5, 0.6) is 0 Å². The van der Waals surface area contributed by atoms with Gasteiger partial charge in [-0.2, -0.15) is 11.8 Å². The highest BCUT2D eigenvalue weighted by atomic mass is 32.2. The Morgan fingerprint density at radius 1 is 1.00 bits per heavy atom. The topological polar surface area (TPSA) is 0 Å². The zero-order valence-corrected chi connectivity index (χ0v) is 11.6. The van der Waals surface area contributed by atoms with Crippen molar-refractivity contribution in [2.24, 2.45) is 0 Å². The van der Waals surface area contributed by atoms with E-state index in [0.717, 1.165) is 0 Å². The van der Waals surface area contributed by atoms with Crippen LogP contribution in [0, 0.1) is 6.92 Å². The Bertz CT molecular complexity index is 266. The summed E-state index contributed by atoms with van der Waals surface area (Å²) in [5, 5.41) is 0. The first kappa shape index (κ1) is 14.6. The minimum atomic E-state index is 1.22. The lowest BCUT2D eigenvalue weighted by atomic mass is 10.0. The molecule has 0 amide bonds. The first-order valence-corrected chi connectivity index (χ1v) is 7.18. The molecule has 0 saturated carbocycles. The Hall–Kier alpha value is -0.430. The average molecular weight is 224 g/mol.